The van der Waals surface area contributed by atoms with Gasteiger partial charge in [0.1, 0.15) is 0 Å². The number of benzene rings is 1. The van der Waals surface area contributed by atoms with Crippen LogP contribution in [0, 0.1) is 0 Å². The number of furan rings is 1. The molecule has 0 fully saturated rings. The number of likely N-dealkylation sites (N-methyl/N-ethyl adjacent to an activating group) is 1. The number of carbonyl (C=O) groups is 2. The van der Waals surface area contributed by atoms with E-state index in [2.05, 4.69) is 15.9 Å². The van der Waals surface area contributed by atoms with Gasteiger partial charge in [-0.3, -0.25) is 4.79 Å². The van der Waals surface area contributed by atoms with Crippen molar-refractivity contribution in [3.8, 4) is 0 Å². The molecular formula is C15H12BrCl2NO4. The van der Waals surface area contributed by atoms with E-state index in [4.69, 9.17) is 32.4 Å². The highest BCUT2D eigenvalue weighted by Crippen LogP contribution is 2.23. The molecule has 2 rings (SSSR count). The molecule has 1 amide bonds. The molecule has 5 nitrogen and oxygen atoms in total. The summed E-state index contributed by atoms with van der Waals surface area (Å²) < 4.78 is 10.4. The molecule has 0 bridgehead atoms. The Morgan fingerprint density at radius 3 is 2.57 bits per heavy atom. The molecule has 23 heavy (non-hydrogen) atoms. The Morgan fingerprint density at radius 1 is 1.22 bits per heavy atom. The number of esters is 1. The fourth-order valence-electron chi connectivity index (χ4n) is 1.73. The van der Waals surface area contributed by atoms with Gasteiger partial charge in [-0.25, -0.2) is 4.79 Å². The van der Waals surface area contributed by atoms with E-state index < -0.39 is 5.97 Å². The maximum absolute atomic E-state index is 12.0. The average molecular weight is 421 g/mol. The normalized spacial score (nSPS) is 10.4. The van der Waals surface area contributed by atoms with Gasteiger partial charge in [0.15, 0.2) is 11.3 Å². The van der Waals surface area contributed by atoms with Crippen molar-refractivity contribution in [1.82, 2.24) is 4.90 Å². The molecule has 1 aromatic heterocycles. The standard InChI is InChI=1S/C15H12BrCl2NO4/c1-19(7-9-2-3-10(17)11(18)6-9)14(20)8-22-15(21)12-4-5-13(16)23-12/h2-6H,7-8H2,1H3. The molecule has 0 N–H and O–H groups in total. The van der Waals surface area contributed by atoms with Crippen LogP contribution in [-0.4, -0.2) is 30.4 Å². The molecule has 0 aliphatic carbocycles. The quantitative estimate of drug-likeness (QED) is 0.681. The number of carbonyl (C=O) groups excluding carboxylic acids is 2. The molecule has 0 aliphatic rings. The number of halogens is 3. The van der Waals surface area contributed by atoms with E-state index in [1.165, 1.54) is 11.0 Å². The minimum atomic E-state index is -0.702. The SMILES string of the molecule is CN(Cc1ccc(Cl)c(Cl)c1)C(=O)COC(=O)c1ccc(Br)o1. The smallest absolute Gasteiger partial charge is 0.374 e. The fourth-order valence-corrected chi connectivity index (χ4v) is 2.36. The summed E-state index contributed by atoms with van der Waals surface area (Å²) in [7, 11) is 1.60. The monoisotopic (exact) mass is 419 g/mol. The van der Waals surface area contributed by atoms with Crippen LogP contribution in [0.3, 0.4) is 0 Å². The predicted molar refractivity (Wildman–Crippen MR) is 89.6 cm³/mol. The van der Waals surface area contributed by atoms with Crippen molar-refractivity contribution in [2.75, 3.05) is 13.7 Å². The van der Waals surface area contributed by atoms with Crippen molar-refractivity contribution in [1.29, 1.82) is 0 Å². The molecule has 1 aromatic carbocycles. The summed E-state index contributed by atoms with van der Waals surface area (Å²) >= 11 is 14.9. The number of hydrogen-bond acceptors (Lipinski definition) is 4. The molecule has 0 saturated carbocycles. The molecule has 1 heterocycles. The molecule has 0 radical (unpaired) electrons. The van der Waals surface area contributed by atoms with Gasteiger partial charge in [0.25, 0.3) is 5.91 Å². The number of nitrogens with zero attached hydrogens (tertiary/aromatic N) is 1. The maximum Gasteiger partial charge on any atom is 0.374 e. The summed E-state index contributed by atoms with van der Waals surface area (Å²) in [4.78, 5) is 25.1. The lowest BCUT2D eigenvalue weighted by atomic mass is 10.2. The van der Waals surface area contributed by atoms with Gasteiger partial charge in [-0.15, -0.1) is 0 Å². The van der Waals surface area contributed by atoms with Crippen molar-refractivity contribution < 1.29 is 18.7 Å². The van der Waals surface area contributed by atoms with E-state index in [0.717, 1.165) is 5.56 Å². The van der Waals surface area contributed by atoms with Crippen LogP contribution in [0.1, 0.15) is 16.1 Å². The van der Waals surface area contributed by atoms with Gasteiger partial charge in [0.2, 0.25) is 5.76 Å². The Morgan fingerprint density at radius 2 is 1.96 bits per heavy atom. The molecular weight excluding hydrogens is 409 g/mol. The van der Waals surface area contributed by atoms with Crippen LogP contribution < -0.4 is 0 Å². The van der Waals surface area contributed by atoms with E-state index in [9.17, 15) is 9.59 Å². The van der Waals surface area contributed by atoms with E-state index in [1.54, 1.807) is 31.3 Å². The van der Waals surface area contributed by atoms with Gasteiger partial charge in [0.05, 0.1) is 10.0 Å². The van der Waals surface area contributed by atoms with Gasteiger partial charge in [-0.05, 0) is 45.8 Å². The summed E-state index contributed by atoms with van der Waals surface area (Å²) in [5.41, 5.74) is 0.816. The van der Waals surface area contributed by atoms with Crippen molar-refractivity contribution in [2.24, 2.45) is 0 Å². The molecule has 0 saturated heterocycles. The first-order chi connectivity index (χ1) is 10.9. The average Bonchev–Trinajstić information content (AvgIpc) is 2.94. The Hall–Kier alpha value is -1.50. The molecule has 0 aliphatic heterocycles. The van der Waals surface area contributed by atoms with Crippen molar-refractivity contribution in [3.63, 3.8) is 0 Å². The second-order valence-electron chi connectivity index (χ2n) is 4.68. The highest BCUT2D eigenvalue weighted by molar-refractivity contribution is 9.10. The summed E-state index contributed by atoms with van der Waals surface area (Å²) in [6.45, 7) is -0.0610. The topological polar surface area (TPSA) is 59.8 Å². The van der Waals surface area contributed by atoms with E-state index in [1.807, 2.05) is 0 Å². The first-order valence-electron chi connectivity index (χ1n) is 6.47. The third-order valence-corrected chi connectivity index (χ3v) is 4.10. The summed E-state index contributed by atoms with van der Waals surface area (Å²) in [6.07, 6.45) is 0. The first-order valence-corrected chi connectivity index (χ1v) is 8.02. The zero-order valence-corrected chi connectivity index (χ0v) is 15.1. The number of rotatable bonds is 5. The van der Waals surface area contributed by atoms with Crippen LogP contribution in [0.5, 0.6) is 0 Å². The first kappa shape index (κ1) is 17.8. The third-order valence-electron chi connectivity index (χ3n) is 2.93. The van der Waals surface area contributed by atoms with Crippen molar-refractivity contribution in [2.45, 2.75) is 6.54 Å². The molecule has 2 aromatic rings. The van der Waals surface area contributed by atoms with E-state index >= 15 is 0 Å². The zero-order chi connectivity index (χ0) is 17.0. The second-order valence-corrected chi connectivity index (χ2v) is 6.27. The lowest BCUT2D eigenvalue weighted by Gasteiger charge is -2.17. The highest BCUT2D eigenvalue weighted by Gasteiger charge is 2.16. The molecule has 0 unspecified atom stereocenters. The van der Waals surface area contributed by atoms with E-state index in [0.29, 0.717) is 21.3 Å². The predicted octanol–water partition coefficient (Wildman–Crippen LogP) is 4.16. The van der Waals surface area contributed by atoms with Crippen LogP contribution in [0.25, 0.3) is 0 Å². The van der Waals surface area contributed by atoms with Crippen LogP contribution >= 0.6 is 39.1 Å². The molecule has 0 spiro atoms. The minimum Gasteiger partial charge on any atom is -0.450 e. The third kappa shape index (κ3) is 4.99. The number of amides is 1. The van der Waals surface area contributed by atoms with Gasteiger partial charge < -0.3 is 14.1 Å². The molecule has 0 atom stereocenters. The van der Waals surface area contributed by atoms with Gasteiger partial charge >= 0.3 is 5.97 Å². The lowest BCUT2D eigenvalue weighted by Crippen LogP contribution is -2.30. The van der Waals surface area contributed by atoms with Crippen LogP contribution in [0.4, 0.5) is 0 Å². The van der Waals surface area contributed by atoms with Gasteiger partial charge in [-0.1, -0.05) is 29.3 Å². The Bertz CT molecular complexity index is 732. The van der Waals surface area contributed by atoms with Crippen LogP contribution in [0.15, 0.2) is 39.4 Å². The van der Waals surface area contributed by atoms with Crippen LogP contribution in [-0.2, 0) is 16.1 Å². The summed E-state index contributed by atoms with van der Waals surface area (Å²) in [5.74, 6) is -1.03. The number of ether oxygens (including phenoxy) is 1. The summed E-state index contributed by atoms with van der Waals surface area (Å²) in [5, 5.41) is 0.864. The largest absolute Gasteiger partial charge is 0.450 e. The molecule has 122 valence electrons. The zero-order valence-electron chi connectivity index (χ0n) is 12.0. The van der Waals surface area contributed by atoms with Crippen molar-refractivity contribution >= 4 is 51.0 Å². The second kappa shape index (κ2) is 7.86. The van der Waals surface area contributed by atoms with Crippen molar-refractivity contribution in [3.05, 3.63) is 56.4 Å². The Labute approximate surface area is 151 Å². The van der Waals surface area contributed by atoms with Gasteiger partial charge in [0, 0.05) is 13.6 Å². The Balaban J connectivity index is 1.87. The number of hydrogen-bond donors (Lipinski definition) is 0. The fraction of sp³-hybridized carbons (Fsp3) is 0.200. The van der Waals surface area contributed by atoms with E-state index in [-0.39, 0.29) is 18.3 Å². The minimum absolute atomic E-state index is 0.0248. The van der Waals surface area contributed by atoms with Gasteiger partial charge in [-0.2, -0.15) is 0 Å². The van der Waals surface area contributed by atoms with Crippen LogP contribution in [0.2, 0.25) is 10.0 Å². The highest BCUT2D eigenvalue weighted by atomic mass is 79.9. The summed E-state index contributed by atoms with van der Waals surface area (Å²) in [6, 6.07) is 8.13. The Kier molecular flexibility index (Phi) is 6.10. The lowest BCUT2D eigenvalue weighted by molar-refractivity contribution is -0.133. The maximum atomic E-state index is 12.0. The molecule has 8 heteroatoms.